The Morgan fingerprint density at radius 3 is 2.47 bits per heavy atom. The summed E-state index contributed by atoms with van der Waals surface area (Å²) in [4.78, 5) is 22.9. The highest BCUT2D eigenvalue weighted by Gasteiger charge is 2.09. The van der Waals surface area contributed by atoms with Crippen LogP contribution in [0.15, 0.2) is 24.3 Å². The quantitative estimate of drug-likeness (QED) is 0.761. The molecule has 1 rings (SSSR count). The molecule has 1 aromatic rings. The summed E-state index contributed by atoms with van der Waals surface area (Å²) < 4.78 is 0. The van der Waals surface area contributed by atoms with Crippen LogP contribution in [0.25, 0.3) is 0 Å². The Kier molecular flexibility index (Phi) is 5.85. The van der Waals surface area contributed by atoms with E-state index in [0.29, 0.717) is 12.5 Å². The molecule has 5 nitrogen and oxygen atoms in total. The van der Waals surface area contributed by atoms with Crippen LogP contribution in [0.1, 0.15) is 32.3 Å². The van der Waals surface area contributed by atoms with Gasteiger partial charge in [-0.15, -0.1) is 0 Å². The number of likely N-dealkylation sites (N-methyl/N-ethyl adjacent to an activating group) is 1. The maximum Gasteiger partial charge on any atom is 0.319 e. The number of carbonyl (C=O) groups is 2. The molecule has 0 atom stereocenters. The first-order valence-electron chi connectivity index (χ1n) is 6.45. The summed E-state index contributed by atoms with van der Waals surface area (Å²) in [5, 5.41) is 7.89. The lowest BCUT2D eigenvalue weighted by Crippen LogP contribution is -2.38. The predicted octanol–water partition coefficient (Wildman–Crippen LogP) is 2.07. The van der Waals surface area contributed by atoms with E-state index in [0.717, 1.165) is 11.3 Å². The second-order valence-corrected chi connectivity index (χ2v) is 4.50. The number of rotatable bonds is 5. The Bertz CT molecular complexity index is 444. The predicted molar refractivity (Wildman–Crippen MR) is 76.2 cm³/mol. The number of carbonyl (C=O) groups excluding carboxylic acids is 2. The molecule has 104 valence electrons. The van der Waals surface area contributed by atoms with E-state index >= 15 is 0 Å². The summed E-state index contributed by atoms with van der Waals surface area (Å²) in [6.07, 6.45) is 0. The van der Waals surface area contributed by atoms with E-state index in [1.165, 1.54) is 0 Å². The van der Waals surface area contributed by atoms with Crippen molar-refractivity contribution < 1.29 is 9.59 Å². The Morgan fingerprint density at radius 1 is 1.16 bits per heavy atom. The van der Waals surface area contributed by atoms with Crippen molar-refractivity contribution in [2.45, 2.75) is 26.7 Å². The highest BCUT2D eigenvalue weighted by atomic mass is 16.2. The molecule has 0 aliphatic heterocycles. The van der Waals surface area contributed by atoms with Crippen molar-refractivity contribution >= 4 is 17.6 Å². The first-order chi connectivity index (χ1) is 9.04. The largest absolute Gasteiger partial charge is 0.355 e. The third-order valence-electron chi connectivity index (χ3n) is 2.61. The average Bonchev–Trinajstić information content (AvgIpc) is 2.37. The maximum absolute atomic E-state index is 11.7. The van der Waals surface area contributed by atoms with Crippen LogP contribution in [0, 0.1) is 0 Å². The van der Waals surface area contributed by atoms with Crippen molar-refractivity contribution in [3.63, 3.8) is 0 Å². The lowest BCUT2D eigenvalue weighted by atomic mass is 10.0. The number of benzene rings is 1. The molecule has 0 aromatic heterocycles. The van der Waals surface area contributed by atoms with Gasteiger partial charge in [-0.05, 0) is 24.5 Å². The molecule has 0 bridgehead atoms. The molecule has 5 heteroatoms. The van der Waals surface area contributed by atoms with Crippen molar-refractivity contribution in [1.82, 2.24) is 10.6 Å². The van der Waals surface area contributed by atoms with Gasteiger partial charge in [0.2, 0.25) is 5.91 Å². The summed E-state index contributed by atoms with van der Waals surface area (Å²) >= 11 is 0. The fourth-order valence-electron chi connectivity index (χ4n) is 1.70. The fourth-order valence-corrected chi connectivity index (χ4v) is 1.70. The molecule has 0 fully saturated rings. The summed E-state index contributed by atoms with van der Waals surface area (Å²) in [6.45, 7) is 6.49. The van der Waals surface area contributed by atoms with Crippen molar-refractivity contribution in [2.24, 2.45) is 0 Å². The molecular formula is C14H21N3O2. The average molecular weight is 263 g/mol. The summed E-state index contributed by atoms with van der Waals surface area (Å²) in [5.74, 6) is 0.120. The van der Waals surface area contributed by atoms with Gasteiger partial charge in [0.1, 0.15) is 0 Å². The van der Waals surface area contributed by atoms with E-state index in [2.05, 4.69) is 29.8 Å². The van der Waals surface area contributed by atoms with Crippen LogP contribution in [0.5, 0.6) is 0 Å². The van der Waals surface area contributed by atoms with Crippen LogP contribution in [0.2, 0.25) is 0 Å². The van der Waals surface area contributed by atoms with E-state index in [-0.39, 0.29) is 18.5 Å². The van der Waals surface area contributed by atoms with Gasteiger partial charge in [-0.3, -0.25) is 4.79 Å². The number of hydrogen-bond donors (Lipinski definition) is 3. The van der Waals surface area contributed by atoms with Gasteiger partial charge in [0.25, 0.3) is 0 Å². The summed E-state index contributed by atoms with van der Waals surface area (Å²) in [7, 11) is 0. The Labute approximate surface area is 113 Å². The van der Waals surface area contributed by atoms with Gasteiger partial charge in [-0.25, -0.2) is 4.79 Å². The molecule has 0 radical (unpaired) electrons. The van der Waals surface area contributed by atoms with Gasteiger partial charge in [-0.1, -0.05) is 32.0 Å². The van der Waals surface area contributed by atoms with Gasteiger partial charge in [0, 0.05) is 12.2 Å². The number of anilines is 1. The first-order valence-corrected chi connectivity index (χ1v) is 6.45. The van der Waals surface area contributed by atoms with Gasteiger partial charge in [-0.2, -0.15) is 0 Å². The van der Waals surface area contributed by atoms with Gasteiger partial charge in [0.15, 0.2) is 0 Å². The molecule has 1 aromatic carbocycles. The minimum absolute atomic E-state index is 0.0243. The minimum Gasteiger partial charge on any atom is -0.355 e. The van der Waals surface area contributed by atoms with Crippen LogP contribution < -0.4 is 16.0 Å². The second kappa shape index (κ2) is 7.41. The molecule has 0 aliphatic carbocycles. The molecule has 3 N–H and O–H groups in total. The van der Waals surface area contributed by atoms with Crippen molar-refractivity contribution in [2.75, 3.05) is 18.4 Å². The van der Waals surface area contributed by atoms with Crippen LogP contribution in [0.3, 0.4) is 0 Å². The van der Waals surface area contributed by atoms with E-state index in [4.69, 9.17) is 0 Å². The van der Waals surface area contributed by atoms with Crippen LogP contribution in [-0.4, -0.2) is 25.0 Å². The van der Waals surface area contributed by atoms with Crippen LogP contribution in [-0.2, 0) is 4.79 Å². The zero-order valence-corrected chi connectivity index (χ0v) is 11.6. The second-order valence-electron chi connectivity index (χ2n) is 4.50. The lowest BCUT2D eigenvalue weighted by molar-refractivity contribution is -0.119. The van der Waals surface area contributed by atoms with Crippen LogP contribution in [0.4, 0.5) is 10.5 Å². The molecule has 0 aliphatic rings. The fraction of sp³-hybridized carbons (Fsp3) is 0.429. The topological polar surface area (TPSA) is 70.2 Å². The Balaban J connectivity index is 2.55. The van der Waals surface area contributed by atoms with E-state index in [9.17, 15) is 9.59 Å². The number of para-hydroxylation sites is 1. The number of nitrogens with one attached hydrogen (secondary N) is 3. The minimum atomic E-state index is -0.376. The number of amides is 3. The molecule has 0 heterocycles. The normalized spacial score (nSPS) is 10.1. The van der Waals surface area contributed by atoms with Crippen molar-refractivity contribution in [3.8, 4) is 0 Å². The molecule has 3 amide bonds. The van der Waals surface area contributed by atoms with Gasteiger partial charge >= 0.3 is 6.03 Å². The Hall–Kier alpha value is -2.04. The molecule has 0 unspecified atom stereocenters. The molecule has 19 heavy (non-hydrogen) atoms. The molecule has 0 saturated carbocycles. The highest BCUT2D eigenvalue weighted by Crippen LogP contribution is 2.23. The summed E-state index contributed by atoms with van der Waals surface area (Å²) in [6, 6.07) is 7.25. The molecule has 0 saturated heterocycles. The monoisotopic (exact) mass is 263 g/mol. The maximum atomic E-state index is 11.7. The van der Waals surface area contributed by atoms with E-state index in [1.807, 2.05) is 31.2 Å². The zero-order chi connectivity index (χ0) is 14.3. The Morgan fingerprint density at radius 2 is 1.84 bits per heavy atom. The smallest absolute Gasteiger partial charge is 0.319 e. The lowest BCUT2D eigenvalue weighted by Gasteiger charge is -2.14. The third-order valence-corrected chi connectivity index (χ3v) is 2.61. The summed E-state index contributed by atoms with van der Waals surface area (Å²) in [5.41, 5.74) is 1.83. The standard InChI is InChI=1S/C14H21N3O2/c1-4-15-13(18)9-16-14(19)17-12-8-6-5-7-11(12)10(2)3/h5-8,10H,4,9H2,1-3H3,(H,15,18)(H2,16,17,19). The number of urea groups is 1. The van der Waals surface area contributed by atoms with E-state index < -0.39 is 0 Å². The van der Waals surface area contributed by atoms with Crippen molar-refractivity contribution in [3.05, 3.63) is 29.8 Å². The van der Waals surface area contributed by atoms with Crippen LogP contribution >= 0.6 is 0 Å². The van der Waals surface area contributed by atoms with Gasteiger partial charge in [0.05, 0.1) is 6.54 Å². The molecular weight excluding hydrogens is 242 g/mol. The third kappa shape index (κ3) is 4.99. The van der Waals surface area contributed by atoms with E-state index in [1.54, 1.807) is 0 Å². The van der Waals surface area contributed by atoms with Crippen molar-refractivity contribution in [1.29, 1.82) is 0 Å². The SMILES string of the molecule is CCNC(=O)CNC(=O)Nc1ccccc1C(C)C. The zero-order valence-electron chi connectivity index (χ0n) is 11.6. The number of hydrogen-bond acceptors (Lipinski definition) is 2. The molecule has 0 spiro atoms. The highest BCUT2D eigenvalue weighted by molar-refractivity contribution is 5.92. The van der Waals surface area contributed by atoms with Gasteiger partial charge < -0.3 is 16.0 Å². The first kappa shape index (κ1) is 15.0.